The van der Waals surface area contributed by atoms with Gasteiger partial charge in [-0.15, -0.1) is 0 Å². The summed E-state index contributed by atoms with van der Waals surface area (Å²) in [6.45, 7) is 3.94. The molecule has 13 heteroatoms. The Morgan fingerprint density at radius 2 is 1.94 bits per heavy atom. The highest BCUT2D eigenvalue weighted by Crippen LogP contribution is 2.41. The molecule has 2 aliphatic rings. The summed E-state index contributed by atoms with van der Waals surface area (Å²) in [5.41, 5.74) is 3.66. The summed E-state index contributed by atoms with van der Waals surface area (Å²) in [5, 5.41) is 13.4. The van der Waals surface area contributed by atoms with E-state index in [-0.39, 0.29) is 32.3 Å². The third kappa shape index (κ3) is 5.89. The average Bonchev–Trinajstić information content (AvgIpc) is 3.68. The van der Waals surface area contributed by atoms with Crippen molar-refractivity contribution >= 4 is 16.6 Å². The van der Waals surface area contributed by atoms with Gasteiger partial charge in [0, 0.05) is 50.7 Å². The van der Waals surface area contributed by atoms with E-state index in [0.717, 1.165) is 52.6 Å². The summed E-state index contributed by atoms with van der Waals surface area (Å²) in [4.78, 5) is 17.1. The third-order valence-electron chi connectivity index (χ3n) is 8.72. The van der Waals surface area contributed by atoms with Crippen LogP contribution < -0.4 is 23.5 Å². The van der Waals surface area contributed by atoms with Crippen molar-refractivity contribution in [2.24, 2.45) is 0 Å². The van der Waals surface area contributed by atoms with Crippen molar-refractivity contribution in [3.05, 3.63) is 99.6 Å². The zero-order chi connectivity index (χ0) is 32.7. The molecule has 0 aliphatic carbocycles. The third-order valence-corrected chi connectivity index (χ3v) is 8.72. The van der Waals surface area contributed by atoms with Gasteiger partial charge >= 0.3 is 5.82 Å². The number of hydrogen-bond donors (Lipinski definition) is 0. The number of halogens is 2. The fourth-order valence-corrected chi connectivity index (χ4v) is 6.26. The molecule has 0 saturated carbocycles. The van der Waals surface area contributed by atoms with Gasteiger partial charge in [0.2, 0.25) is 12.5 Å². The standard InChI is InChI=1S/C34H32F2N5O6/c1-21-37-17-33(41(42)43)40(21)10-9-38(18-24-3-5-25(35)15-28(24)36)11-12-45-34-27-19-39-8-7-23-14-31-32(47-20-46-31)16-26(23)29(39)13-22(27)4-6-30(34)44-2/h3-6,13-17,19H,7-12,18,20H2,1-2H3/q+1. The maximum atomic E-state index is 14.7. The van der Waals surface area contributed by atoms with Gasteiger partial charge in [0.05, 0.1) is 18.1 Å². The Hall–Kier alpha value is -5.30. The minimum absolute atomic E-state index is 0.124. The molecular weight excluding hydrogens is 612 g/mol. The Kier molecular flexibility index (Phi) is 8.06. The molecule has 0 radical (unpaired) electrons. The SMILES string of the molecule is COc1ccc2cc3[n+](cc2c1OCCN(CCn1c([N+](=O)[O-])cnc1C)Cc1ccc(F)cc1F)CCc1cc2c(cc1-3)OCO2. The number of pyridine rings is 1. The number of aromatic nitrogens is 3. The summed E-state index contributed by atoms with van der Waals surface area (Å²) in [5.74, 6) is 1.69. The monoisotopic (exact) mass is 644 g/mol. The summed E-state index contributed by atoms with van der Waals surface area (Å²) < 4.78 is 55.3. The average molecular weight is 645 g/mol. The lowest BCUT2D eigenvalue weighted by atomic mass is 9.95. The highest BCUT2D eigenvalue weighted by Gasteiger charge is 2.29. The Bertz CT molecular complexity index is 2020. The van der Waals surface area contributed by atoms with Gasteiger partial charge in [0.15, 0.2) is 41.6 Å². The molecule has 0 unspecified atom stereocenters. The number of nitrogens with zero attached hydrogens (tertiary/aromatic N) is 5. The first-order chi connectivity index (χ1) is 22.8. The number of imidazole rings is 1. The van der Waals surface area contributed by atoms with Crippen LogP contribution in [0.1, 0.15) is 17.0 Å². The van der Waals surface area contributed by atoms with E-state index in [9.17, 15) is 18.9 Å². The maximum absolute atomic E-state index is 14.7. The minimum atomic E-state index is -0.663. The maximum Gasteiger partial charge on any atom is 0.342 e. The van der Waals surface area contributed by atoms with Gasteiger partial charge in [-0.25, -0.2) is 18.3 Å². The summed E-state index contributed by atoms with van der Waals surface area (Å²) in [7, 11) is 1.59. The molecule has 3 aromatic carbocycles. The molecule has 11 nitrogen and oxygen atoms in total. The molecule has 2 aromatic heterocycles. The predicted molar refractivity (Wildman–Crippen MR) is 167 cm³/mol. The Morgan fingerprint density at radius 1 is 1.11 bits per heavy atom. The molecule has 4 heterocycles. The molecule has 0 atom stereocenters. The Labute approximate surface area is 268 Å². The molecule has 7 rings (SSSR count). The van der Waals surface area contributed by atoms with Crippen molar-refractivity contribution in [2.45, 2.75) is 33.0 Å². The van der Waals surface area contributed by atoms with E-state index in [2.05, 4.69) is 27.9 Å². The van der Waals surface area contributed by atoms with Crippen LogP contribution in [0.15, 0.2) is 60.9 Å². The van der Waals surface area contributed by atoms with Crippen LogP contribution in [0.2, 0.25) is 0 Å². The van der Waals surface area contributed by atoms with Gasteiger partial charge in [-0.3, -0.25) is 4.90 Å². The van der Waals surface area contributed by atoms with Crippen LogP contribution in [0.5, 0.6) is 23.0 Å². The summed E-state index contributed by atoms with van der Waals surface area (Å²) >= 11 is 0. The van der Waals surface area contributed by atoms with Crippen LogP contribution in [0, 0.1) is 28.7 Å². The van der Waals surface area contributed by atoms with Gasteiger partial charge < -0.3 is 29.1 Å². The lowest BCUT2D eigenvalue weighted by Crippen LogP contribution is -2.40. The van der Waals surface area contributed by atoms with Crippen molar-refractivity contribution in [3.63, 3.8) is 0 Å². The quantitative estimate of drug-likeness (QED) is 0.108. The number of aryl methyl sites for hydroxylation is 3. The second-order valence-corrected chi connectivity index (χ2v) is 11.5. The van der Waals surface area contributed by atoms with Crippen molar-refractivity contribution < 1.29 is 37.2 Å². The van der Waals surface area contributed by atoms with E-state index in [0.29, 0.717) is 36.0 Å². The van der Waals surface area contributed by atoms with E-state index in [1.807, 2.05) is 23.1 Å². The fraction of sp³-hybridized carbons (Fsp3) is 0.294. The van der Waals surface area contributed by atoms with E-state index in [1.165, 1.54) is 28.5 Å². The first-order valence-electron chi connectivity index (χ1n) is 15.2. The number of benzene rings is 3. The van der Waals surface area contributed by atoms with Crippen LogP contribution in [-0.2, 0) is 26.1 Å². The Balaban J connectivity index is 1.15. The summed E-state index contributed by atoms with van der Waals surface area (Å²) in [6.07, 6.45) is 4.13. The molecule has 47 heavy (non-hydrogen) atoms. The van der Waals surface area contributed by atoms with Crippen molar-refractivity contribution in [1.29, 1.82) is 0 Å². The number of ether oxygens (including phenoxy) is 4. The zero-order valence-corrected chi connectivity index (χ0v) is 25.9. The normalized spacial score (nSPS) is 13.1. The van der Waals surface area contributed by atoms with E-state index in [1.54, 1.807) is 14.0 Å². The van der Waals surface area contributed by atoms with Gasteiger partial charge in [0.25, 0.3) is 0 Å². The number of fused-ring (bicyclic) bond motifs is 5. The molecular formula is C34H32F2N5O6+. The lowest BCUT2D eigenvalue weighted by Gasteiger charge is -2.23. The van der Waals surface area contributed by atoms with Gasteiger partial charge in [-0.2, -0.15) is 4.57 Å². The van der Waals surface area contributed by atoms with Crippen LogP contribution in [0.25, 0.3) is 22.0 Å². The molecule has 0 spiro atoms. The molecule has 0 saturated heterocycles. The topological polar surface area (TPSA) is 105 Å². The van der Waals surface area contributed by atoms with Gasteiger partial charge in [-0.1, -0.05) is 6.07 Å². The fourth-order valence-electron chi connectivity index (χ4n) is 6.26. The highest BCUT2D eigenvalue weighted by molar-refractivity contribution is 5.91. The van der Waals surface area contributed by atoms with E-state index in [4.69, 9.17) is 18.9 Å². The molecule has 242 valence electrons. The van der Waals surface area contributed by atoms with Crippen molar-refractivity contribution in [1.82, 2.24) is 14.5 Å². The second kappa shape index (κ2) is 12.5. The molecule has 0 N–H and O–H groups in total. The van der Waals surface area contributed by atoms with Gasteiger partial charge in [0.1, 0.15) is 31.0 Å². The molecule has 0 bridgehead atoms. The molecule has 0 amide bonds. The largest absolute Gasteiger partial charge is 0.493 e. The number of hydrogen-bond acceptors (Lipinski definition) is 8. The highest BCUT2D eigenvalue weighted by atomic mass is 19.1. The first-order valence-corrected chi connectivity index (χ1v) is 15.2. The minimum Gasteiger partial charge on any atom is -0.493 e. The van der Waals surface area contributed by atoms with Crippen LogP contribution >= 0.6 is 0 Å². The smallest absolute Gasteiger partial charge is 0.342 e. The molecule has 0 fully saturated rings. The van der Waals surface area contributed by atoms with Crippen molar-refractivity contribution in [2.75, 3.05) is 33.6 Å². The Morgan fingerprint density at radius 3 is 2.72 bits per heavy atom. The second-order valence-electron chi connectivity index (χ2n) is 11.5. The van der Waals surface area contributed by atoms with Crippen molar-refractivity contribution in [3.8, 4) is 34.3 Å². The number of nitro groups is 1. The predicted octanol–water partition coefficient (Wildman–Crippen LogP) is 5.36. The van der Waals surface area contributed by atoms with Crippen LogP contribution in [-0.4, -0.2) is 53.0 Å². The lowest BCUT2D eigenvalue weighted by molar-refractivity contribution is -0.686. The first kappa shape index (κ1) is 30.4. The number of methoxy groups -OCH3 is 1. The number of rotatable bonds is 11. The van der Waals surface area contributed by atoms with Crippen LogP contribution in [0.4, 0.5) is 14.6 Å². The van der Waals surface area contributed by atoms with Crippen LogP contribution in [0.3, 0.4) is 0 Å². The summed E-state index contributed by atoms with van der Waals surface area (Å²) in [6, 6.07) is 13.6. The van der Waals surface area contributed by atoms with E-state index < -0.39 is 16.6 Å². The zero-order valence-electron chi connectivity index (χ0n) is 25.9. The van der Waals surface area contributed by atoms with E-state index >= 15 is 0 Å². The van der Waals surface area contributed by atoms with Gasteiger partial charge in [-0.05, 0) is 46.2 Å². The molecule has 2 aliphatic heterocycles. The molecule has 5 aromatic rings.